The number of fused-ring (bicyclic) bond motifs is 1. The molecule has 0 radical (unpaired) electrons. The van der Waals surface area contributed by atoms with E-state index in [1.165, 1.54) is 5.56 Å². The van der Waals surface area contributed by atoms with Gasteiger partial charge in [-0.15, -0.1) is 0 Å². The maximum Gasteiger partial charge on any atom is 0.309 e. The van der Waals surface area contributed by atoms with Crippen molar-refractivity contribution in [2.75, 3.05) is 25.1 Å². The molecule has 1 aliphatic rings. The van der Waals surface area contributed by atoms with E-state index >= 15 is 0 Å². The second-order valence-electron chi connectivity index (χ2n) is 7.35. The van der Waals surface area contributed by atoms with Crippen molar-refractivity contribution in [2.45, 2.75) is 19.0 Å². The Labute approximate surface area is 181 Å². The molecular formula is C24H25N3O4. The molecule has 4 rings (SSSR count). The molecule has 160 valence electrons. The van der Waals surface area contributed by atoms with Gasteiger partial charge in [-0.2, -0.15) is 0 Å². The van der Waals surface area contributed by atoms with Crippen molar-refractivity contribution >= 4 is 17.5 Å². The average Bonchev–Trinajstić information content (AvgIpc) is 3.48. The Balaban J connectivity index is 1.38. The molecule has 1 atom stereocenters. The lowest BCUT2D eigenvalue weighted by atomic mass is 10.1. The van der Waals surface area contributed by atoms with Crippen LogP contribution >= 0.6 is 0 Å². The van der Waals surface area contributed by atoms with Crippen molar-refractivity contribution < 1.29 is 18.7 Å². The lowest BCUT2D eigenvalue weighted by Gasteiger charge is -2.29. The van der Waals surface area contributed by atoms with E-state index in [9.17, 15) is 9.59 Å². The number of ether oxygens (including phenoxy) is 1. The normalized spacial score (nSPS) is 13.4. The zero-order chi connectivity index (χ0) is 21.6. The highest BCUT2D eigenvalue weighted by Gasteiger charge is 2.29. The minimum Gasteiger partial charge on any atom is -0.497 e. The Bertz CT molecular complexity index is 1050. The van der Waals surface area contributed by atoms with Crippen LogP contribution in [0.4, 0.5) is 5.69 Å². The molecular weight excluding hydrogens is 394 g/mol. The lowest BCUT2D eigenvalue weighted by Crippen LogP contribution is -2.43. The molecule has 2 N–H and O–H groups in total. The monoisotopic (exact) mass is 419 g/mol. The first kappa shape index (κ1) is 20.5. The molecule has 0 bridgehead atoms. The molecule has 2 heterocycles. The third-order valence-corrected chi connectivity index (χ3v) is 5.42. The van der Waals surface area contributed by atoms with Gasteiger partial charge in [0.25, 0.3) is 0 Å². The summed E-state index contributed by atoms with van der Waals surface area (Å²) in [5, 5.41) is 5.41. The minimum absolute atomic E-state index is 0.200. The van der Waals surface area contributed by atoms with Gasteiger partial charge in [-0.25, -0.2) is 0 Å². The second-order valence-corrected chi connectivity index (χ2v) is 7.35. The van der Waals surface area contributed by atoms with Gasteiger partial charge in [-0.3, -0.25) is 9.59 Å². The van der Waals surface area contributed by atoms with E-state index in [1.807, 2.05) is 48.5 Å². The number of amides is 2. The molecule has 7 heteroatoms. The fraction of sp³-hybridized carbons (Fsp3) is 0.250. The van der Waals surface area contributed by atoms with Crippen LogP contribution in [0.2, 0.25) is 0 Å². The van der Waals surface area contributed by atoms with Crippen LogP contribution in [0.3, 0.4) is 0 Å². The number of furan rings is 1. The summed E-state index contributed by atoms with van der Waals surface area (Å²) < 4.78 is 10.8. The Hall–Kier alpha value is -3.74. The number of carbonyl (C=O) groups is 2. The molecule has 1 aromatic heterocycles. The number of nitrogens with zero attached hydrogens (tertiary/aromatic N) is 1. The first-order valence-corrected chi connectivity index (χ1v) is 10.2. The van der Waals surface area contributed by atoms with Gasteiger partial charge in [-0.05, 0) is 47.9 Å². The maximum atomic E-state index is 12.4. The highest BCUT2D eigenvalue weighted by molar-refractivity contribution is 6.35. The fourth-order valence-corrected chi connectivity index (χ4v) is 3.85. The maximum absolute atomic E-state index is 12.4. The molecule has 7 nitrogen and oxygen atoms in total. The van der Waals surface area contributed by atoms with Crippen molar-refractivity contribution in [2.24, 2.45) is 0 Å². The zero-order valence-electron chi connectivity index (χ0n) is 17.3. The number of rotatable bonds is 7. The Morgan fingerprint density at radius 2 is 1.90 bits per heavy atom. The summed E-state index contributed by atoms with van der Waals surface area (Å²) in [6.45, 7) is 1.32. The molecule has 2 aromatic carbocycles. The number of carbonyl (C=O) groups excluding carboxylic acids is 2. The average molecular weight is 419 g/mol. The van der Waals surface area contributed by atoms with Crippen LogP contribution in [0.1, 0.15) is 22.9 Å². The van der Waals surface area contributed by atoms with Crippen LogP contribution in [-0.4, -0.2) is 32.0 Å². The third-order valence-electron chi connectivity index (χ3n) is 5.42. The van der Waals surface area contributed by atoms with Gasteiger partial charge in [0, 0.05) is 25.3 Å². The zero-order valence-corrected chi connectivity index (χ0v) is 17.3. The first-order valence-electron chi connectivity index (χ1n) is 10.2. The van der Waals surface area contributed by atoms with Gasteiger partial charge in [0.1, 0.15) is 17.6 Å². The molecule has 31 heavy (non-hydrogen) atoms. The van der Waals surface area contributed by atoms with Gasteiger partial charge in [0.05, 0.1) is 13.4 Å². The Morgan fingerprint density at radius 1 is 1.06 bits per heavy atom. The highest BCUT2D eigenvalue weighted by atomic mass is 16.5. The number of para-hydroxylation sites is 1. The quantitative estimate of drug-likeness (QED) is 0.576. The van der Waals surface area contributed by atoms with Crippen molar-refractivity contribution in [3.05, 3.63) is 83.8 Å². The smallest absolute Gasteiger partial charge is 0.309 e. The van der Waals surface area contributed by atoms with Gasteiger partial charge < -0.3 is 24.7 Å². The van der Waals surface area contributed by atoms with Crippen molar-refractivity contribution in [1.82, 2.24) is 10.6 Å². The molecule has 0 spiro atoms. The molecule has 1 unspecified atom stereocenters. The first-order chi connectivity index (χ1) is 15.2. The van der Waals surface area contributed by atoms with Crippen molar-refractivity contribution in [3.63, 3.8) is 0 Å². The number of hydrogen-bond donors (Lipinski definition) is 2. The third kappa shape index (κ3) is 4.71. The predicted molar refractivity (Wildman–Crippen MR) is 117 cm³/mol. The van der Waals surface area contributed by atoms with Crippen LogP contribution in [0.5, 0.6) is 5.75 Å². The van der Waals surface area contributed by atoms with Crippen molar-refractivity contribution in [1.29, 1.82) is 0 Å². The SMILES string of the molecule is COc1cccc(CNC(=O)C(=O)NCC(c2ccco2)N2CCc3ccccc32)c1. The molecule has 0 saturated heterocycles. The summed E-state index contributed by atoms with van der Waals surface area (Å²) in [6, 6.07) is 19.1. The highest BCUT2D eigenvalue weighted by Crippen LogP contribution is 2.34. The van der Waals surface area contributed by atoms with E-state index in [0.717, 1.165) is 30.0 Å². The van der Waals surface area contributed by atoms with E-state index in [-0.39, 0.29) is 19.1 Å². The Kier molecular flexibility index (Phi) is 6.21. The number of anilines is 1. The van der Waals surface area contributed by atoms with Gasteiger partial charge in [0.15, 0.2) is 0 Å². The summed E-state index contributed by atoms with van der Waals surface area (Å²) in [7, 11) is 1.58. The van der Waals surface area contributed by atoms with Crippen LogP contribution in [-0.2, 0) is 22.6 Å². The van der Waals surface area contributed by atoms with Crippen LogP contribution < -0.4 is 20.3 Å². The fourth-order valence-electron chi connectivity index (χ4n) is 3.85. The summed E-state index contributed by atoms with van der Waals surface area (Å²) in [6.07, 6.45) is 2.55. The lowest BCUT2D eigenvalue weighted by molar-refractivity contribution is -0.139. The van der Waals surface area contributed by atoms with Crippen LogP contribution in [0, 0.1) is 0 Å². The largest absolute Gasteiger partial charge is 0.497 e. The molecule has 1 aliphatic heterocycles. The van der Waals surface area contributed by atoms with E-state index in [2.05, 4.69) is 27.7 Å². The summed E-state index contributed by atoms with van der Waals surface area (Å²) >= 11 is 0. The van der Waals surface area contributed by atoms with Crippen molar-refractivity contribution in [3.8, 4) is 5.75 Å². The molecule has 0 saturated carbocycles. The molecule has 2 amide bonds. The standard InChI is InChI=1S/C24H25N3O4/c1-30-19-8-4-6-17(14-19)15-25-23(28)24(29)26-16-21(22-10-5-13-31-22)27-12-11-18-7-2-3-9-20(18)27/h2-10,13-14,21H,11-12,15-16H2,1H3,(H,25,28)(H,26,29). The summed E-state index contributed by atoms with van der Waals surface area (Å²) in [5.41, 5.74) is 3.24. The van der Waals surface area contributed by atoms with Crippen LogP contribution in [0.15, 0.2) is 71.3 Å². The number of hydrogen-bond acceptors (Lipinski definition) is 5. The van der Waals surface area contributed by atoms with E-state index < -0.39 is 11.8 Å². The van der Waals surface area contributed by atoms with E-state index in [0.29, 0.717) is 5.75 Å². The minimum atomic E-state index is -0.678. The number of methoxy groups -OCH3 is 1. The summed E-state index contributed by atoms with van der Waals surface area (Å²) in [5.74, 6) is 0.0898. The molecule has 0 fully saturated rings. The van der Waals surface area contributed by atoms with Gasteiger partial charge in [0.2, 0.25) is 0 Å². The van der Waals surface area contributed by atoms with Crippen LogP contribution in [0.25, 0.3) is 0 Å². The van der Waals surface area contributed by atoms with E-state index in [4.69, 9.17) is 9.15 Å². The summed E-state index contributed by atoms with van der Waals surface area (Å²) in [4.78, 5) is 26.9. The topological polar surface area (TPSA) is 83.8 Å². The van der Waals surface area contributed by atoms with E-state index in [1.54, 1.807) is 13.4 Å². The Morgan fingerprint density at radius 3 is 2.71 bits per heavy atom. The molecule has 0 aliphatic carbocycles. The predicted octanol–water partition coefficient (Wildman–Crippen LogP) is 2.82. The number of benzene rings is 2. The molecule has 3 aromatic rings. The van der Waals surface area contributed by atoms with Gasteiger partial charge in [-0.1, -0.05) is 30.3 Å². The number of nitrogens with one attached hydrogen (secondary N) is 2. The second kappa shape index (κ2) is 9.38. The van der Waals surface area contributed by atoms with Gasteiger partial charge >= 0.3 is 11.8 Å².